The molecule has 0 aromatic heterocycles. The van der Waals surface area contributed by atoms with Crippen molar-refractivity contribution < 1.29 is 13.2 Å². The van der Waals surface area contributed by atoms with Crippen molar-refractivity contribution in [1.29, 1.82) is 0 Å². The highest BCUT2D eigenvalue weighted by atomic mass is 32.2. The van der Waals surface area contributed by atoms with E-state index >= 15 is 0 Å². The minimum Gasteiger partial charge on any atom is -0.366 e. The van der Waals surface area contributed by atoms with E-state index in [4.69, 9.17) is 5.73 Å². The first-order chi connectivity index (χ1) is 11.9. The summed E-state index contributed by atoms with van der Waals surface area (Å²) in [5, 5.41) is 0. The van der Waals surface area contributed by atoms with Gasteiger partial charge in [0.05, 0.1) is 10.9 Å². The minimum atomic E-state index is -3.67. The maximum Gasteiger partial charge on any atom is 0.248 e. The molecule has 1 aliphatic rings. The molecule has 1 fully saturated rings. The molecule has 6 heteroatoms. The van der Waals surface area contributed by atoms with E-state index in [1.807, 2.05) is 37.3 Å². The van der Waals surface area contributed by atoms with E-state index in [-0.39, 0.29) is 17.0 Å². The van der Waals surface area contributed by atoms with Crippen LogP contribution in [0.3, 0.4) is 0 Å². The van der Waals surface area contributed by atoms with Crippen molar-refractivity contribution in [2.24, 2.45) is 5.73 Å². The van der Waals surface area contributed by atoms with E-state index in [2.05, 4.69) is 0 Å². The van der Waals surface area contributed by atoms with Gasteiger partial charge in [0.2, 0.25) is 15.9 Å². The summed E-state index contributed by atoms with van der Waals surface area (Å²) in [6.07, 6.45) is 2.63. The predicted octanol–water partition coefficient (Wildman–Crippen LogP) is 3.09. The average Bonchev–Trinajstić information content (AvgIpc) is 2.62. The number of nitrogens with zero attached hydrogens (tertiary/aromatic N) is 1. The molecule has 132 valence electrons. The molecule has 0 spiro atoms. The lowest BCUT2D eigenvalue weighted by Crippen LogP contribution is -2.44. The van der Waals surface area contributed by atoms with Gasteiger partial charge in [-0.15, -0.1) is 0 Å². The first kappa shape index (κ1) is 17.6. The second kappa shape index (κ2) is 6.98. The molecule has 0 bridgehead atoms. The van der Waals surface area contributed by atoms with Gasteiger partial charge in [-0.2, -0.15) is 4.31 Å². The highest BCUT2D eigenvalue weighted by Crippen LogP contribution is 2.38. The molecule has 0 aliphatic carbocycles. The normalized spacial score (nSPS) is 21.8. The van der Waals surface area contributed by atoms with Gasteiger partial charge in [-0.25, -0.2) is 8.42 Å². The van der Waals surface area contributed by atoms with Crippen molar-refractivity contribution in [3.8, 4) is 0 Å². The molecule has 0 radical (unpaired) electrons. The smallest absolute Gasteiger partial charge is 0.248 e. The molecule has 1 aliphatic heterocycles. The monoisotopic (exact) mass is 358 g/mol. The molecule has 2 atom stereocenters. The topological polar surface area (TPSA) is 80.5 Å². The Kier molecular flexibility index (Phi) is 4.92. The number of sulfonamides is 1. The third-order valence-corrected chi connectivity index (χ3v) is 6.78. The summed E-state index contributed by atoms with van der Waals surface area (Å²) in [5.74, 6) is -0.572. The van der Waals surface area contributed by atoms with Crippen LogP contribution in [0.5, 0.6) is 0 Å². The van der Waals surface area contributed by atoms with E-state index in [0.717, 1.165) is 24.8 Å². The first-order valence-electron chi connectivity index (χ1n) is 8.39. The molecule has 1 amide bonds. The standard InChI is InChI=1S/C19H22N2O3S/c1-14-6-5-9-18(15-7-3-2-4-8-15)21(14)25(23,24)17-12-10-16(11-13-17)19(20)22/h2-4,7-8,10-14,18H,5-6,9H2,1H3,(H2,20,22)/t14-,18+/m1/s1. The number of primary amides is 1. The number of carbonyl (C=O) groups is 1. The third kappa shape index (κ3) is 3.45. The van der Waals surface area contributed by atoms with Crippen LogP contribution in [0.2, 0.25) is 0 Å². The number of hydrogen-bond donors (Lipinski definition) is 1. The summed E-state index contributed by atoms with van der Waals surface area (Å²) in [7, 11) is -3.67. The summed E-state index contributed by atoms with van der Waals surface area (Å²) in [5.41, 5.74) is 6.54. The summed E-state index contributed by atoms with van der Waals surface area (Å²) in [4.78, 5) is 11.4. The summed E-state index contributed by atoms with van der Waals surface area (Å²) < 4.78 is 28.2. The van der Waals surface area contributed by atoms with Gasteiger partial charge in [0, 0.05) is 11.6 Å². The fourth-order valence-electron chi connectivity index (χ4n) is 3.47. The fraction of sp³-hybridized carbons (Fsp3) is 0.316. The van der Waals surface area contributed by atoms with Crippen LogP contribution in [-0.4, -0.2) is 24.7 Å². The Morgan fingerprint density at radius 3 is 2.28 bits per heavy atom. The van der Waals surface area contributed by atoms with Gasteiger partial charge in [0.25, 0.3) is 0 Å². The minimum absolute atomic E-state index is 0.0835. The van der Waals surface area contributed by atoms with Crippen LogP contribution < -0.4 is 5.73 Å². The highest BCUT2D eigenvalue weighted by Gasteiger charge is 2.38. The van der Waals surface area contributed by atoms with Crippen LogP contribution in [0.25, 0.3) is 0 Å². The summed E-state index contributed by atoms with van der Waals surface area (Å²) in [6, 6.07) is 15.3. The second-order valence-electron chi connectivity index (χ2n) is 6.43. The highest BCUT2D eigenvalue weighted by molar-refractivity contribution is 7.89. The fourth-order valence-corrected chi connectivity index (χ4v) is 5.34. The van der Waals surface area contributed by atoms with Crippen LogP contribution in [0.4, 0.5) is 0 Å². The number of amides is 1. The van der Waals surface area contributed by atoms with Gasteiger partial charge in [-0.05, 0) is 56.0 Å². The quantitative estimate of drug-likeness (QED) is 0.912. The second-order valence-corrected chi connectivity index (χ2v) is 8.27. The first-order valence-corrected chi connectivity index (χ1v) is 9.83. The Morgan fingerprint density at radius 1 is 1.04 bits per heavy atom. The number of hydrogen-bond acceptors (Lipinski definition) is 3. The number of benzene rings is 2. The van der Waals surface area contributed by atoms with Gasteiger partial charge < -0.3 is 5.73 Å². The van der Waals surface area contributed by atoms with E-state index in [1.54, 1.807) is 4.31 Å². The van der Waals surface area contributed by atoms with Crippen LogP contribution >= 0.6 is 0 Å². The summed E-state index contributed by atoms with van der Waals surface area (Å²) >= 11 is 0. The molecule has 2 N–H and O–H groups in total. The van der Waals surface area contributed by atoms with Gasteiger partial charge >= 0.3 is 0 Å². The Bertz CT molecular complexity index is 848. The van der Waals surface area contributed by atoms with Gasteiger partial charge in [-0.1, -0.05) is 30.3 Å². The number of carbonyl (C=O) groups excluding carboxylic acids is 1. The van der Waals surface area contributed by atoms with Gasteiger partial charge in [0.15, 0.2) is 0 Å². The maximum atomic E-state index is 13.3. The molecule has 5 nitrogen and oxygen atoms in total. The Hall–Kier alpha value is -2.18. The zero-order valence-corrected chi connectivity index (χ0v) is 14.9. The lowest BCUT2D eigenvalue weighted by Gasteiger charge is -2.39. The van der Waals surface area contributed by atoms with Crippen LogP contribution in [0.1, 0.15) is 48.1 Å². The van der Waals surface area contributed by atoms with Gasteiger partial charge in [-0.3, -0.25) is 4.79 Å². The van der Waals surface area contributed by atoms with Crippen molar-refractivity contribution in [2.75, 3.05) is 0 Å². The van der Waals surface area contributed by atoms with Crippen molar-refractivity contribution in [1.82, 2.24) is 4.31 Å². The van der Waals surface area contributed by atoms with E-state index < -0.39 is 15.9 Å². The van der Waals surface area contributed by atoms with Crippen LogP contribution in [-0.2, 0) is 10.0 Å². The number of nitrogens with two attached hydrogens (primary N) is 1. The maximum absolute atomic E-state index is 13.3. The van der Waals surface area contributed by atoms with Crippen molar-refractivity contribution in [3.63, 3.8) is 0 Å². The Morgan fingerprint density at radius 2 is 1.68 bits per heavy atom. The molecular weight excluding hydrogens is 336 g/mol. The average molecular weight is 358 g/mol. The Balaban J connectivity index is 2.01. The van der Waals surface area contributed by atoms with Gasteiger partial charge in [0.1, 0.15) is 0 Å². The van der Waals surface area contributed by atoms with E-state index in [1.165, 1.54) is 24.3 Å². The lowest BCUT2D eigenvalue weighted by molar-refractivity contribution is 0.1000. The van der Waals surface area contributed by atoms with Crippen LogP contribution in [0, 0.1) is 0 Å². The van der Waals surface area contributed by atoms with Crippen molar-refractivity contribution >= 4 is 15.9 Å². The molecule has 2 aromatic carbocycles. The molecule has 1 heterocycles. The summed E-state index contributed by atoms with van der Waals surface area (Å²) in [6.45, 7) is 1.95. The lowest BCUT2D eigenvalue weighted by atomic mass is 9.94. The van der Waals surface area contributed by atoms with Crippen molar-refractivity contribution in [2.45, 2.75) is 43.2 Å². The zero-order chi connectivity index (χ0) is 18.0. The largest absolute Gasteiger partial charge is 0.366 e. The molecule has 0 saturated carbocycles. The number of piperidine rings is 1. The SMILES string of the molecule is C[C@@H]1CCC[C@@H](c2ccccc2)N1S(=O)(=O)c1ccc(C(N)=O)cc1. The molecular formula is C19H22N2O3S. The number of rotatable bonds is 4. The molecule has 3 rings (SSSR count). The third-order valence-electron chi connectivity index (χ3n) is 4.74. The van der Waals surface area contributed by atoms with Crippen LogP contribution in [0.15, 0.2) is 59.5 Å². The predicted molar refractivity (Wildman–Crippen MR) is 96.5 cm³/mol. The Labute approximate surface area is 148 Å². The molecule has 2 aromatic rings. The molecule has 0 unspecified atom stereocenters. The van der Waals surface area contributed by atoms with E-state index in [9.17, 15) is 13.2 Å². The van der Waals surface area contributed by atoms with E-state index in [0.29, 0.717) is 5.56 Å². The zero-order valence-electron chi connectivity index (χ0n) is 14.1. The molecule has 25 heavy (non-hydrogen) atoms. The molecule has 1 saturated heterocycles. The van der Waals surface area contributed by atoms with Crippen molar-refractivity contribution in [3.05, 3.63) is 65.7 Å².